The standard InChI is InChI=1S/C15H12BrN3OS/c1-8-4-2-3-5-10(8)14(20)18-9-6-11(16)13-12(7-9)21-15(17)19-13/h2-7H,1H3,(H2,17,19)(H,18,20). The molecule has 0 unspecified atom stereocenters. The second kappa shape index (κ2) is 5.46. The van der Waals surface area contributed by atoms with Crippen molar-refractivity contribution in [2.75, 3.05) is 11.1 Å². The first kappa shape index (κ1) is 14.0. The summed E-state index contributed by atoms with van der Waals surface area (Å²) in [6.45, 7) is 1.91. The average molecular weight is 362 g/mol. The lowest BCUT2D eigenvalue weighted by Crippen LogP contribution is -2.13. The van der Waals surface area contributed by atoms with Gasteiger partial charge in [-0.15, -0.1) is 0 Å². The van der Waals surface area contributed by atoms with E-state index in [1.54, 1.807) is 0 Å². The monoisotopic (exact) mass is 361 g/mol. The van der Waals surface area contributed by atoms with Crippen molar-refractivity contribution >= 4 is 54.2 Å². The molecule has 0 radical (unpaired) electrons. The molecule has 0 saturated carbocycles. The summed E-state index contributed by atoms with van der Waals surface area (Å²) in [6, 6.07) is 11.2. The fraction of sp³-hybridized carbons (Fsp3) is 0.0667. The minimum atomic E-state index is -0.128. The Morgan fingerprint density at radius 2 is 2.10 bits per heavy atom. The molecule has 21 heavy (non-hydrogen) atoms. The normalized spacial score (nSPS) is 10.8. The van der Waals surface area contributed by atoms with Crippen LogP contribution in [0.15, 0.2) is 40.9 Å². The van der Waals surface area contributed by atoms with Gasteiger partial charge < -0.3 is 11.1 Å². The van der Waals surface area contributed by atoms with E-state index in [-0.39, 0.29) is 5.91 Å². The summed E-state index contributed by atoms with van der Waals surface area (Å²) in [7, 11) is 0. The van der Waals surface area contributed by atoms with Crippen LogP contribution in [0.5, 0.6) is 0 Å². The first-order chi connectivity index (χ1) is 10.0. The average Bonchev–Trinajstić information content (AvgIpc) is 2.80. The number of hydrogen-bond acceptors (Lipinski definition) is 4. The van der Waals surface area contributed by atoms with Crippen LogP contribution in [0.2, 0.25) is 0 Å². The highest BCUT2D eigenvalue weighted by Gasteiger charge is 2.12. The maximum Gasteiger partial charge on any atom is 0.255 e. The number of benzene rings is 2. The second-order valence-corrected chi connectivity index (χ2v) is 6.54. The Morgan fingerprint density at radius 1 is 1.33 bits per heavy atom. The Bertz CT molecular complexity index is 844. The molecular formula is C15H12BrN3OS. The Morgan fingerprint density at radius 3 is 2.86 bits per heavy atom. The molecule has 0 aliphatic rings. The Hall–Kier alpha value is -1.92. The number of anilines is 2. The molecule has 1 amide bonds. The summed E-state index contributed by atoms with van der Waals surface area (Å²) in [5, 5.41) is 3.42. The first-order valence-electron chi connectivity index (χ1n) is 6.27. The number of thiazole rings is 1. The van der Waals surface area contributed by atoms with E-state index in [0.717, 1.165) is 20.3 Å². The zero-order chi connectivity index (χ0) is 15.0. The van der Waals surface area contributed by atoms with E-state index < -0.39 is 0 Å². The fourth-order valence-electron chi connectivity index (χ4n) is 2.10. The molecule has 0 atom stereocenters. The van der Waals surface area contributed by atoms with Crippen LogP contribution in [0.1, 0.15) is 15.9 Å². The van der Waals surface area contributed by atoms with Gasteiger partial charge in [-0.3, -0.25) is 4.79 Å². The smallest absolute Gasteiger partial charge is 0.255 e. The van der Waals surface area contributed by atoms with E-state index in [9.17, 15) is 4.79 Å². The molecule has 3 rings (SSSR count). The van der Waals surface area contributed by atoms with Crippen molar-refractivity contribution in [1.82, 2.24) is 4.98 Å². The summed E-state index contributed by atoms with van der Waals surface area (Å²) in [4.78, 5) is 16.6. The van der Waals surface area contributed by atoms with Gasteiger partial charge in [0.25, 0.3) is 5.91 Å². The molecule has 6 heteroatoms. The molecule has 0 spiro atoms. The van der Waals surface area contributed by atoms with Crippen molar-refractivity contribution in [2.45, 2.75) is 6.92 Å². The van der Waals surface area contributed by atoms with Gasteiger partial charge in [0.2, 0.25) is 0 Å². The van der Waals surface area contributed by atoms with Crippen LogP contribution < -0.4 is 11.1 Å². The molecule has 0 bridgehead atoms. The maximum absolute atomic E-state index is 12.3. The number of fused-ring (bicyclic) bond motifs is 1. The van der Waals surface area contributed by atoms with Gasteiger partial charge in [-0.2, -0.15) is 0 Å². The third-order valence-corrected chi connectivity index (χ3v) is 4.55. The zero-order valence-corrected chi connectivity index (χ0v) is 13.6. The van der Waals surface area contributed by atoms with E-state index >= 15 is 0 Å². The number of hydrogen-bond donors (Lipinski definition) is 2. The van der Waals surface area contributed by atoms with Gasteiger partial charge in [0, 0.05) is 15.7 Å². The van der Waals surface area contributed by atoms with Crippen LogP contribution in [0.25, 0.3) is 10.2 Å². The Labute approximate surface area is 134 Å². The molecule has 0 aliphatic carbocycles. The minimum Gasteiger partial charge on any atom is -0.375 e. The lowest BCUT2D eigenvalue weighted by molar-refractivity contribution is 0.102. The van der Waals surface area contributed by atoms with Gasteiger partial charge in [-0.05, 0) is 46.6 Å². The highest BCUT2D eigenvalue weighted by Crippen LogP contribution is 2.33. The highest BCUT2D eigenvalue weighted by atomic mass is 79.9. The number of nitrogens with one attached hydrogen (secondary N) is 1. The second-order valence-electron chi connectivity index (χ2n) is 4.63. The number of carbonyl (C=O) groups excluding carboxylic acids is 1. The van der Waals surface area contributed by atoms with Gasteiger partial charge in [-0.1, -0.05) is 29.5 Å². The summed E-state index contributed by atoms with van der Waals surface area (Å²) in [5.41, 5.74) is 8.85. The number of carbonyl (C=O) groups is 1. The van der Waals surface area contributed by atoms with Crippen molar-refractivity contribution in [3.63, 3.8) is 0 Å². The molecule has 3 N–H and O–H groups in total. The number of amides is 1. The number of nitrogens with two attached hydrogens (primary N) is 1. The van der Waals surface area contributed by atoms with Crippen LogP contribution in [-0.2, 0) is 0 Å². The van der Waals surface area contributed by atoms with Gasteiger partial charge in [0.15, 0.2) is 5.13 Å². The van der Waals surface area contributed by atoms with Crippen LogP contribution >= 0.6 is 27.3 Å². The lowest BCUT2D eigenvalue weighted by atomic mass is 10.1. The lowest BCUT2D eigenvalue weighted by Gasteiger charge is -2.08. The van der Waals surface area contributed by atoms with Gasteiger partial charge in [-0.25, -0.2) is 4.98 Å². The Balaban J connectivity index is 1.95. The summed E-state index contributed by atoms with van der Waals surface area (Å²) >= 11 is 4.85. The number of rotatable bonds is 2. The van der Waals surface area contributed by atoms with Crippen LogP contribution in [0.4, 0.5) is 10.8 Å². The van der Waals surface area contributed by atoms with Crippen molar-refractivity contribution in [2.24, 2.45) is 0 Å². The van der Waals surface area contributed by atoms with E-state index in [1.807, 2.05) is 43.3 Å². The Kier molecular flexibility index (Phi) is 3.65. The minimum absolute atomic E-state index is 0.128. The predicted octanol–water partition coefficient (Wildman–Crippen LogP) is 4.20. The van der Waals surface area contributed by atoms with Crippen molar-refractivity contribution in [3.8, 4) is 0 Å². The summed E-state index contributed by atoms with van der Waals surface area (Å²) in [6.07, 6.45) is 0. The first-order valence-corrected chi connectivity index (χ1v) is 7.88. The van der Waals surface area contributed by atoms with Crippen LogP contribution in [0.3, 0.4) is 0 Å². The number of nitrogens with zero attached hydrogens (tertiary/aromatic N) is 1. The number of aryl methyl sites for hydroxylation is 1. The maximum atomic E-state index is 12.3. The summed E-state index contributed by atoms with van der Waals surface area (Å²) in [5.74, 6) is -0.128. The zero-order valence-electron chi connectivity index (χ0n) is 11.2. The van der Waals surface area contributed by atoms with Gasteiger partial charge in [0.1, 0.15) is 0 Å². The topological polar surface area (TPSA) is 68.0 Å². The van der Waals surface area contributed by atoms with Crippen LogP contribution in [0, 0.1) is 6.92 Å². The molecule has 4 nitrogen and oxygen atoms in total. The van der Waals surface area contributed by atoms with Crippen molar-refractivity contribution < 1.29 is 4.79 Å². The van der Waals surface area contributed by atoms with E-state index in [0.29, 0.717) is 16.4 Å². The molecular weight excluding hydrogens is 350 g/mol. The van der Waals surface area contributed by atoms with E-state index in [1.165, 1.54) is 11.3 Å². The molecule has 0 aliphatic heterocycles. The van der Waals surface area contributed by atoms with E-state index in [2.05, 4.69) is 26.2 Å². The third-order valence-electron chi connectivity index (χ3n) is 3.11. The molecule has 0 fully saturated rings. The van der Waals surface area contributed by atoms with Crippen molar-refractivity contribution in [1.29, 1.82) is 0 Å². The quantitative estimate of drug-likeness (QED) is 0.718. The third kappa shape index (κ3) is 2.77. The predicted molar refractivity (Wildman–Crippen MR) is 90.9 cm³/mol. The molecule has 106 valence electrons. The van der Waals surface area contributed by atoms with Gasteiger partial charge >= 0.3 is 0 Å². The molecule has 3 aromatic rings. The van der Waals surface area contributed by atoms with Crippen LogP contribution in [-0.4, -0.2) is 10.9 Å². The molecule has 1 aromatic heterocycles. The largest absolute Gasteiger partial charge is 0.375 e. The van der Waals surface area contributed by atoms with E-state index in [4.69, 9.17) is 5.73 Å². The highest BCUT2D eigenvalue weighted by molar-refractivity contribution is 9.10. The number of nitrogen functional groups attached to an aromatic ring is 1. The number of aromatic nitrogens is 1. The molecule has 1 heterocycles. The van der Waals surface area contributed by atoms with Gasteiger partial charge in [0.05, 0.1) is 10.2 Å². The molecule has 0 saturated heterocycles. The van der Waals surface area contributed by atoms with Crippen molar-refractivity contribution in [3.05, 3.63) is 52.0 Å². The SMILES string of the molecule is Cc1ccccc1C(=O)Nc1cc(Br)c2nc(N)sc2c1. The summed E-state index contributed by atoms with van der Waals surface area (Å²) < 4.78 is 1.75. The fourth-order valence-corrected chi connectivity index (χ4v) is 3.58. The molecule has 2 aromatic carbocycles. The number of halogens is 1.